The van der Waals surface area contributed by atoms with Crippen molar-refractivity contribution < 1.29 is 14.3 Å². The molecule has 0 spiro atoms. The Kier molecular flexibility index (Phi) is 3.92. The Balaban J connectivity index is 2.19. The lowest BCUT2D eigenvalue weighted by Gasteiger charge is -2.10. The number of nitrogens with one attached hydrogen (secondary N) is 1. The Morgan fingerprint density at radius 2 is 2.28 bits per heavy atom. The Bertz CT molecular complexity index is 478. The van der Waals surface area contributed by atoms with Crippen molar-refractivity contribution in [2.45, 2.75) is 31.3 Å². The van der Waals surface area contributed by atoms with Crippen molar-refractivity contribution in [3.63, 3.8) is 0 Å². The predicted molar refractivity (Wildman–Crippen MR) is 70.2 cm³/mol. The zero-order valence-electron chi connectivity index (χ0n) is 10.4. The second-order valence-electron chi connectivity index (χ2n) is 4.59. The predicted octanol–water partition coefficient (Wildman–Crippen LogP) is 2.95. The Morgan fingerprint density at radius 3 is 2.94 bits per heavy atom. The number of rotatable bonds is 4. The number of anilines is 1. The van der Waals surface area contributed by atoms with Gasteiger partial charge >= 0.3 is 0 Å². The zero-order chi connectivity index (χ0) is 13.3. The van der Waals surface area contributed by atoms with Gasteiger partial charge in [-0.1, -0.05) is 20.3 Å². The van der Waals surface area contributed by atoms with E-state index in [1.54, 1.807) is 6.07 Å². The number of thioether (sulfide) groups is 1. The van der Waals surface area contributed by atoms with E-state index in [4.69, 9.17) is 0 Å². The topological polar surface area (TPSA) is 49.3 Å². The first kappa shape index (κ1) is 13.4. The van der Waals surface area contributed by atoms with Crippen LogP contribution in [0.25, 0.3) is 0 Å². The maximum atomic E-state index is 13.8. The average Bonchev–Trinajstić information content (AvgIpc) is 2.62. The van der Waals surface area contributed by atoms with Gasteiger partial charge in [0, 0.05) is 21.9 Å². The fraction of sp³-hybridized carbons (Fsp3) is 0.462. The minimum Gasteiger partial charge on any atom is -0.378 e. The first-order valence-electron chi connectivity index (χ1n) is 5.98. The number of hydrogen-bond donors (Lipinski definition) is 2. The fourth-order valence-corrected chi connectivity index (χ4v) is 2.80. The summed E-state index contributed by atoms with van der Waals surface area (Å²) in [5.74, 6) is 0.483. The van der Waals surface area contributed by atoms with Gasteiger partial charge in [0.1, 0.15) is 5.82 Å². The molecule has 18 heavy (non-hydrogen) atoms. The van der Waals surface area contributed by atoms with E-state index in [1.165, 1.54) is 17.8 Å². The van der Waals surface area contributed by atoms with Crippen LogP contribution in [0.1, 0.15) is 31.9 Å². The van der Waals surface area contributed by atoms with Gasteiger partial charge in [-0.25, -0.2) is 4.39 Å². The van der Waals surface area contributed by atoms with E-state index in [-0.39, 0.29) is 5.82 Å². The summed E-state index contributed by atoms with van der Waals surface area (Å²) in [6, 6.07) is 2.85. The maximum absolute atomic E-state index is 13.8. The molecule has 1 aliphatic rings. The van der Waals surface area contributed by atoms with Crippen LogP contribution in [-0.4, -0.2) is 16.8 Å². The number of fused-ring (bicyclic) bond motifs is 1. The monoisotopic (exact) mass is 269 g/mol. The molecule has 0 fully saturated rings. The van der Waals surface area contributed by atoms with Crippen molar-refractivity contribution in [1.29, 1.82) is 0 Å². The third kappa shape index (κ3) is 2.52. The standard InChI is InChI=1S/C13H16FNO2S/c1-3-7(2)6-18-11-5-10-8(4-9(11)14)12(16)13(17)15-10/h4-5,7,12,16H,3,6H2,1-2H3,(H,15,17). The third-order valence-electron chi connectivity index (χ3n) is 3.13. The van der Waals surface area contributed by atoms with Crippen LogP contribution in [0.2, 0.25) is 0 Å². The molecule has 1 aliphatic heterocycles. The molecule has 2 atom stereocenters. The van der Waals surface area contributed by atoms with Crippen LogP contribution in [0.3, 0.4) is 0 Å². The summed E-state index contributed by atoms with van der Waals surface area (Å²) in [6.07, 6.45) is -0.197. The number of carbonyl (C=O) groups is 1. The highest BCUT2D eigenvalue weighted by Crippen LogP contribution is 2.36. The van der Waals surface area contributed by atoms with Gasteiger partial charge in [0.05, 0.1) is 0 Å². The van der Waals surface area contributed by atoms with E-state index >= 15 is 0 Å². The molecule has 1 heterocycles. The summed E-state index contributed by atoms with van der Waals surface area (Å²) in [7, 11) is 0. The van der Waals surface area contributed by atoms with E-state index < -0.39 is 12.0 Å². The number of hydrogen-bond acceptors (Lipinski definition) is 3. The number of carbonyl (C=O) groups excluding carboxylic acids is 1. The summed E-state index contributed by atoms with van der Waals surface area (Å²) in [5.41, 5.74) is 0.839. The smallest absolute Gasteiger partial charge is 0.257 e. The first-order valence-corrected chi connectivity index (χ1v) is 6.96. The molecule has 3 nitrogen and oxygen atoms in total. The summed E-state index contributed by atoms with van der Waals surface area (Å²) < 4.78 is 13.8. The number of aliphatic hydroxyl groups is 1. The van der Waals surface area contributed by atoms with E-state index in [2.05, 4.69) is 19.2 Å². The van der Waals surface area contributed by atoms with Gasteiger partial charge in [-0.05, 0) is 18.1 Å². The lowest BCUT2D eigenvalue weighted by atomic mass is 10.1. The lowest BCUT2D eigenvalue weighted by molar-refractivity contribution is -0.123. The van der Waals surface area contributed by atoms with E-state index in [0.717, 1.165) is 12.2 Å². The number of halogens is 1. The minimum absolute atomic E-state index is 0.324. The molecule has 0 radical (unpaired) electrons. The summed E-state index contributed by atoms with van der Waals surface area (Å²) in [4.78, 5) is 11.8. The van der Waals surface area contributed by atoms with Gasteiger partial charge in [0.2, 0.25) is 0 Å². The lowest BCUT2D eigenvalue weighted by Crippen LogP contribution is -2.10. The molecule has 5 heteroatoms. The van der Waals surface area contributed by atoms with Gasteiger partial charge < -0.3 is 10.4 Å². The van der Waals surface area contributed by atoms with Gasteiger partial charge in [0.15, 0.2) is 6.10 Å². The van der Waals surface area contributed by atoms with Crippen LogP contribution in [0.15, 0.2) is 17.0 Å². The van der Waals surface area contributed by atoms with Crippen molar-refractivity contribution in [3.05, 3.63) is 23.5 Å². The molecule has 0 saturated carbocycles. The van der Waals surface area contributed by atoms with E-state index in [9.17, 15) is 14.3 Å². The Hall–Kier alpha value is -1.07. The second kappa shape index (κ2) is 5.28. The molecule has 2 rings (SSSR count). The zero-order valence-corrected chi connectivity index (χ0v) is 11.2. The molecule has 1 amide bonds. The van der Waals surface area contributed by atoms with Crippen LogP contribution < -0.4 is 5.32 Å². The van der Waals surface area contributed by atoms with Crippen LogP contribution in [0.4, 0.5) is 10.1 Å². The molecule has 0 aliphatic carbocycles. The van der Waals surface area contributed by atoms with Crippen LogP contribution >= 0.6 is 11.8 Å². The normalized spacial score (nSPS) is 19.6. The SMILES string of the molecule is CCC(C)CSc1cc2c(cc1F)C(O)C(=O)N2. The summed E-state index contributed by atoms with van der Waals surface area (Å²) in [5, 5.41) is 12.1. The van der Waals surface area contributed by atoms with Gasteiger partial charge in [-0.15, -0.1) is 11.8 Å². The van der Waals surface area contributed by atoms with E-state index in [1.807, 2.05) is 0 Å². The summed E-state index contributed by atoms with van der Waals surface area (Å²) >= 11 is 1.44. The number of amides is 1. The van der Waals surface area contributed by atoms with Gasteiger partial charge in [-0.3, -0.25) is 4.79 Å². The van der Waals surface area contributed by atoms with Crippen LogP contribution in [-0.2, 0) is 4.79 Å². The molecule has 0 saturated heterocycles. The Morgan fingerprint density at radius 1 is 1.56 bits per heavy atom. The molecule has 1 aromatic carbocycles. The van der Waals surface area contributed by atoms with Crippen LogP contribution in [0, 0.1) is 11.7 Å². The highest BCUT2D eigenvalue weighted by molar-refractivity contribution is 7.99. The quantitative estimate of drug-likeness (QED) is 0.826. The molecular formula is C13H16FNO2S. The van der Waals surface area contributed by atoms with Crippen molar-refractivity contribution >= 4 is 23.4 Å². The minimum atomic E-state index is -1.25. The third-order valence-corrected chi connectivity index (χ3v) is 4.48. The number of aliphatic hydroxyl groups excluding tert-OH is 1. The van der Waals surface area contributed by atoms with Crippen molar-refractivity contribution in [2.75, 3.05) is 11.1 Å². The molecule has 2 N–H and O–H groups in total. The highest BCUT2D eigenvalue weighted by Gasteiger charge is 2.29. The van der Waals surface area contributed by atoms with Gasteiger partial charge in [-0.2, -0.15) is 0 Å². The highest BCUT2D eigenvalue weighted by atomic mass is 32.2. The molecule has 1 aromatic rings. The van der Waals surface area contributed by atoms with Crippen molar-refractivity contribution in [2.24, 2.45) is 5.92 Å². The average molecular weight is 269 g/mol. The van der Waals surface area contributed by atoms with Crippen LogP contribution in [0.5, 0.6) is 0 Å². The fourth-order valence-electron chi connectivity index (χ4n) is 1.71. The Labute approximate surface area is 110 Å². The largest absolute Gasteiger partial charge is 0.378 e. The second-order valence-corrected chi connectivity index (χ2v) is 5.65. The molecule has 98 valence electrons. The van der Waals surface area contributed by atoms with Crippen molar-refractivity contribution in [3.8, 4) is 0 Å². The summed E-state index contributed by atoms with van der Waals surface area (Å²) in [6.45, 7) is 4.21. The maximum Gasteiger partial charge on any atom is 0.257 e. The van der Waals surface area contributed by atoms with E-state index in [0.29, 0.717) is 22.1 Å². The molecular weight excluding hydrogens is 253 g/mol. The molecule has 0 aromatic heterocycles. The molecule has 0 bridgehead atoms. The van der Waals surface area contributed by atoms with Crippen molar-refractivity contribution in [1.82, 2.24) is 0 Å². The van der Waals surface area contributed by atoms with Gasteiger partial charge in [0.25, 0.3) is 5.91 Å². The number of benzene rings is 1. The molecule has 2 unspecified atom stereocenters. The first-order chi connectivity index (χ1) is 8.52.